The molecule has 1 aliphatic rings. The van der Waals surface area contributed by atoms with Crippen LogP contribution in [0.3, 0.4) is 0 Å². The fourth-order valence-electron chi connectivity index (χ4n) is 3.67. The van der Waals surface area contributed by atoms with E-state index in [9.17, 15) is 9.47 Å². The van der Waals surface area contributed by atoms with Crippen LogP contribution in [0.25, 0.3) is 22.8 Å². The minimum Gasteiger partial charge on any atom is -0.490 e. The number of nitrogens with one attached hydrogen (secondary N) is 1. The van der Waals surface area contributed by atoms with Crippen LogP contribution in [0.1, 0.15) is 43.0 Å². The van der Waals surface area contributed by atoms with Crippen LogP contribution in [0.15, 0.2) is 40.9 Å². The van der Waals surface area contributed by atoms with Gasteiger partial charge in [-0.2, -0.15) is 10.2 Å². The summed E-state index contributed by atoms with van der Waals surface area (Å²) in [6.07, 6.45) is 1.41. The molecule has 1 heterocycles. The van der Waals surface area contributed by atoms with Crippen molar-refractivity contribution in [2.75, 3.05) is 0 Å². The second kappa shape index (κ2) is 8.36. The van der Waals surface area contributed by atoms with Gasteiger partial charge in [-0.3, -0.25) is 4.55 Å². The molecular formula is C21H20N4O4S. The quantitative estimate of drug-likeness (QED) is 0.578. The molecule has 30 heavy (non-hydrogen) atoms. The van der Waals surface area contributed by atoms with E-state index < -0.39 is 11.3 Å². The van der Waals surface area contributed by atoms with E-state index >= 15 is 0 Å². The molecule has 0 amide bonds. The summed E-state index contributed by atoms with van der Waals surface area (Å²) in [5, 5.41) is 13.6. The van der Waals surface area contributed by atoms with Crippen LogP contribution in [0.2, 0.25) is 0 Å². The molecule has 154 valence electrons. The van der Waals surface area contributed by atoms with E-state index in [0.29, 0.717) is 35.0 Å². The second-order valence-electron chi connectivity index (χ2n) is 7.24. The Morgan fingerprint density at radius 3 is 2.93 bits per heavy atom. The zero-order chi connectivity index (χ0) is 21.3. The normalized spacial score (nSPS) is 16.3. The summed E-state index contributed by atoms with van der Waals surface area (Å²) in [4.78, 5) is 4.52. The van der Waals surface area contributed by atoms with Crippen molar-refractivity contribution < 1.29 is 18.0 Å². The number of benzene rings is 2. The monoisotopic (exact) mass is 424 g/mol. The Hall–Kier alpha value is -3.06. The molecule has 4 rings (SSSR count). The van der Waals surface area contributed by atoms with Crippen molar-refractivity contribution in [3.05, 3.63) is 53.1 Å². The van der Waals surface area contributed by atoms with Gasteiger partial charge < -0.3 is 9.26 Å². The number of hydrogen-bond donors (Lipinski definition) is 2. The van der Waals surface area contributed by atoms with Crippen LogP contribution in [0.4, 0.5) is 0 Å². The summed E-state index contributed by atoms with van der Waals surface area (Å²) in [7, 11) is 0. The molecule has 2 unspecified atom stereocenters. The van der Waals surface area contributed by atoms with E-state index in [1.807, 2.05) is 32.0 Å². The first-order chi connectivity index (χ1) is 14.5. The van der Waals surface area contributed by atoms with Crippen LogP contribution in [0, 0.1) is 11.3 Å². The van der Waals surface area contributed by atoms with Crippen molar-refractivity contribution in [3.8, 4) is 34.7 Å². The maximum Gasteiger partial charge on any atom is 0.258 e. The fourth-order valence-corrected chi connectivity index (χ4v) is 4.15. The lowest BCUT2D eigenvalue weighted by Crippen LogP contribution is -2.20. The van der Waals surface area contributed by atoms with Crippen molar-refractivity contribution in [3.63, 3.8) is 0 Å². The van der Waals surface area contributed by atoms with Gasteiger partial charge in [-0.15, -0.1) is 0 Å². The molecule has 2 N–H and O–H groups in total. The first kappa shape index (κ1) is 20.2. The van der Waals surface area contributed by atoms with Gasteiger partial charge >= 0.3 is 0 Å². The third kappa shape index (κ3) is 3.98. The molecule has 2 aromatic carbocycles. The highest BCUT2D eigenvalue weighted by atomic mass is 32.2. The zero-order valence-corrected chi connectivity index (χ0v) is 17.3. The molecule has 3 aromatic rings. The Morgan fingerprint density at radius 2 is 2.20 bits per heavy atom. The standard InChI is InChI=1S/C21H20N4O4S/c1-12(2)28-19-9-6-13(10-14(19)11-22)21-23-20(24-29-21)17-5-3-4-16-15(17)7-8-18(16)25-30(26)27/h3-6,9-10,12,18,25H,7-8H2,1-2H3,(H,26,27). The molecule has 1 aromatic heterocycles. The molecule has 0 aliphatic heterocycles. The van der Waals surface area contributed by atoms with E-state index in [-0.39, 0.29) is 12.1 Å². The molecule has 8 nitrogen and oxygen atoms in total. The summed E-state index contributed by atoms with van der Waals surface area (Å²) in [6, 6.07) is 12.8. The molecule has 2 atom stereocenters. The lowest BCUT2D eigenvalue weighted by Gasteiger charge is -2.11. The smallest absolute Gasteiger partial charge is 0.258 e. The molecule has 0 saturated heterocycles. The number of nitrogens with zero attached hydrogens (tertiary/aromatic N) is 3. The van der Waals surface area contributed by atoms with Gasteiger partial charge in [-0.05, 0) is 56.0 Å². The predicted octanol–water partition coefficient (Wildman–Crippen LogP) is 3.78. The predicted molar refractivity (Wildman–Crippen MR) is 111 cm³/mol. The third-order valence-electron chi connectivity index (χ3n) is 4.89. The molecular weight excluding hydrogens is 404 g/mol. The highest BCUT2D eigenvalue weighted by molar-refractivity contribution is 7.77. The Morgan fingerprint density at radius 1 is 1.37 bits per heavy atom. The van der Waals surface area contributed by atoms with E-state index in [2.05, 4.69) is 20.9 Å². The van der Waals surface area contributed by atoms with Crippen molar-refractivity contribution >= 4 is 11.3 Å². The first-order valence-electron chi connectivity index (χ1n) is 9.50. The van der Waals surface area contributed by atoms with Crippen molar-refractivity contribution in [1.82, 2.24) is 14.9 Å². The Labute approximate surface area is 176 Å². The number of rotatable bonds is 6. The molecule has 0 fully saturated rings. The summed E-state index contributed by atoms with van der Waals surface area (Å²) < 4.78 is 34.1. The minimum absolute atomic E-state index is 0.0419. The van der Waals surface area contributed by atoms with E-state index in [0.717, 1.165) is 23.1 Å². The highest BCUT2D eigenvalue weighted by Gasteiger charge is 2.27. The zero-order valence-electron chi connectivity index (χ0n) is 16.5. The molecule has 0 radical (unpaired) electrons. The third-order valence-corrected chi connectivity index (χ3v) is 5.38. The van der Waals surface area contributed by atoms with Crippen LogP contribution >= 0.6 is 0 Å². The number of hydrogen-bond acceptors (Lipinski definition) is 6. The Balaban J connectivity index is 1.66. The number of aromatic nitrogens is 2. The lowest BCUT2D eigenvalue weighted by molar-refractivity contribution is 0.241. The maximum absolute atomic E-state index is 11.1. The Kier molecular flexibility index (Phi) is 5.63. The molecule has 0 bridgehead atoms. The van der Waals surface area contributed by atoms with Gasteiger partial charge in [0.25, 0.3) is 5.89 Å². The summed E-state index contributed by atoms with van der Waals surface area (Å²) in [6.45, 7) is 3.80. The van der Waals surface area contributed by atoms with Gasteiger partial charge in [0.1, 0.15) is 11.8 Å². The maximum atomic E-state index is 11.1. The van der Waals surface area contributed by atoms with E-state index in [1.54, 1.807) is 18.2 Å². The highest BCUT2D eigenvalue weighted by Crippen LogP contribution is 2.37. The topological polar surface area (TPSA) is 121 Å². The van der Waals surface area contributed by atoms with Crippen LogP contribution in [-0.2, 0) is 17.7 Å². The summed E-state index contributed by atoms with van der Waals surface area (Å²) in [5.74, 6) is 1.25. The van der Waals surface area contributed by atoms with Crippen molar-refractivity contribution in [2.45, 2.75) is 38.8 Å². The fraction of sp³-hybridized carbons (Fsp3) is 0.286. The SMILES string of the molecule is CC(C)Oc1ccc(-c2nc(-c3cccc4c3CCC4NS(=O)O)no2)cc1C#N. The van der Waals surface area contributed by atoms with Gasteiger partial charge in [0.15, 0.2) is 0 Å². The summed E-state index contributed by atoms with van der Waals surface area (Å²) in [5.41, 5.74) is 3.85. The van der Waals surface area contributed by atoms with Gasteiger partial charge in [-0.1, -0.05) is 23.4 Å². The van der Waals surface area contributed by atoms with Crippen molar-refractivity contribution in [1.29, 1.82) is 5.26 Å². The second-order valence-corrected chi connectivity index (χ2v) is 7.98. The molecule has 0 saturated carbocycles. The van der Waals surface area contributed by atoms with Crippen LogP contribution < -0.4 is 9.46 Å². The molecule has 9 heteroatoms. The van der Waals surface area contributed by atoms with Crippen LogP contribution in [-0.4, -0.2) is 25.0 Å². The van der Waals surface area contributed by atoms with Crippen molar-refractivity contribution in [2.24, 2.45) is 0 Å². The van der Waals surface area contributed by atoms with Gasteiger partial charge in [0.2, 0.25) is 17.1 Å². The average molecular weight is 424 g/mol. The molecule has 1 aliphatic carbocycles. The van der Waals surface area contributed by atoms with E-state index in [4.69, 9.17) is 13.8 Å². The Bertz CT molecular complexity index is 1150. The van der Waals surface area contributed by atoms with Gasteiger partial charge in [0, 0.05) is 17.2 Å². The lowest BCUT2D eigenvalue weighted by atomic mass is 10.0. The van der Waals surface area contributed by atoms with Gasteiger partial charge in [-0.25, -0.2) is 8.93 Å². The number of ether oxygens (including phenoxy) is 1. The number of fused-ring (bicyclic) bond motifs is 1. The minimum atomic E-state index is -2.08. The average Bonchev–Trinajstić information content (AvgIpc) is 3.35. The first-order valence-corrected chi connectivity index (χ1v) is 10.6. The summed E-state index contributed by atoms with van der Waals surface area (Å²) >= 11 is -2.08. The van der Waals surface area contributed by atoms with Crippen LogP contribution in [0.5, 0.6) is 5.75 Å². The van der Waals surface area contributed by atoms with E-state index in [1.165, 1.54) is 0 Å². The molecule has 0 spiro atoms. The number of nitriles is 1. The van der Waals surface area contributed by atoms with Gasteiger partial charge in [0.05, 0.1) is 11.7 Å². The largest absolute Gasteiger partial charge is 0.490 e.